The van der Waals surface area contributed by atoms with E-state index in [1.165, 1.54) is 0 Å². The molecule has 0 aromatic heterocycles. The molecule has 5 heteroatoms. The molecular formula is C31H33N2O2P. The van der Waals surface area contributed by atoms with Gasteiger partial charge >= 0.3 is 0 Å². The van der Waals surface area contributed by atoms with Gasteiger partial charge < -0.3 is 4.74 Å². The quantitative estimate of drug-likeness (QED) is 0.161. The van der Waals surface area contributed by atoms with E-state index in [9.17, 15) is 0 Å². The Morgan fingerprint density at radius 3 is 1.03 bits per heavy atom. The Bertz CT molecular complexity index is 1100. The van der Waals surface area contributed by atoms with Crippen LogP contribution in [0.15, 0.2) is 121 Å². The maximum atomic E-state index is 15.5. The maximum Gasteiger partial charge on any atom is 0.248 e. The normalized spacial score (nSPS) is 17.4. The molecule has 4 aromatic rings. The predicted molar refractivity (Wildman–Crippen MR) is 146 cm³/mol. The summed E-state index contributed by atoms with van der Waals surface area (Å²) in [7, 11) is -3.17. The van der Waals surface area contributed by atoms with E-state index in [-0.39, 0.29) is 11.9 Å². The van der Waals surface area contributed by atoms with E-state index in [1.807, 2.05) is 79.7 Å². The van der Waals surface area contributed by atoms with E-state index >= 15 is 4.57 Å². The molecule has 1 aliphatic rings. The van der Waals surface area contributed by atoms with Crippen molar-refractivity contribution in [3.8, 4) is 0 Å². The third-order valence-electron chi connectivity index (χ3n) is 6.65. The zero-order valence-electron chi connectivity index (χ0n) is 20.7. The fourth-order valence-corrected chi connectivity index (χ4v) is 8.08. The third kappa shape index (κ3) is 5.86. The first-order valence-electron chi connectivity index (χ1n) is 12.5. The fraction of sp³-hybridized carbons (Fsp3) is 0.226. The summed E-state index contributed by atoms with van der Waals surface area (Å²) in [5.74, 6) is -0.322. The minimum absolute atomic E-state index is 0.0427. The molecule has 184 valence electrons. The second kappa shape index (κ2) is 11.4. The Labute approximate surface area is 214 Å². The molecule has 4 nitrogen and oxygen atoms in total. The Balaban J connectivity index is 1.58. The minimum Gasteiger partial charge on any atom is -0.359 e. The van der Waals surface area contributed by atoms with Crippen molar-refractivity contribution in [1.82, 2.24) is 9.34 Å². The highest BCUT2D eigenvalue weighted by molar-refractivity contribution is 7.59. The van der Waals surface area contributed by atoms with Crippen LogP contribution in [0.2, 0.25) is 0 Å². The average Bonchev–Trinajstić information content (AvgIpc) is 3.67. The molecule has 0 saturated carbocycles. The van der Waals surface area contributed by atoms with Crippen molar-refractivity contribution in [2.24, 2.45) is 0 Å². The van der Waals surface area contributed by atoms with E-state index in [4.69, 9.17) is 4.74 Å². The lowest BCUT2D eigenvalue weighted by atomic mass is 10.2. The molecule has 0 bridgehead atoms. The summed E-state index contributed by atoms with van der Waals surface area (Å²) in [5.41, 5.74) is 4.56. The zero-order chi connectivity index (χ0) is 24.8. The molecular weight excluding hydrogens is 463 g/mol. The number of rotatable bonds is 11. The topological polar surface area (TPSA) is 36.1 Å². The summed E-state index contributed by atoms with van der Waals surface area (Å²) >= 11 is 0. The van der Waals surface area contributed by atoms with Gasteiger partial charge in [0.1, 0.15) is 0 Å². The lowest BCUT2D eigenvalue weighted by Crippen LogP contribution is -2.34. The molecule has 5 rings (SSSR count). The zero-order valence-corrected chi connectivity index (χ0v) is 21.6. The number of hydrogen-bond donors (Lipinski definition) is 0. The highest BCUT2D eigenvalue weighted by Gasteiger charge is 2.56. The van der Waals surface area contributed by atoms with Crippen molar-refractivity contribution in [2.75, 3.05) is 0 Å². The van der Waals surface area contributed by atoms with Gasteiger partial charge in [0.25, 0.3) is 0 Å². The minimum atomic E-state index is -3.17. The largest absolute Gasteiger partial charge is 0.359 e. The molecule has 2 atom stereocenters. The molecule has 0 radical (unpaired) electrons. The fourth-order valence-electron chi connectivity index (χ4n) is 4.72. The van der Waals surface area contributed by atoms with Crippen LogP contribution < -0.4 is 0 Å². The molecule has 1 saturated heterocycles. The molecule has 36 heavy (non-hydrogen) atoms. The molecule has 0 spiro atoms. The first kappa shape index (κ1) is 24.7. The summed E-state index contributed by atoms with van der Waals surface area (Å²) < 4.78 is 25.9. The van der Waals surface area contributed by atoms with Gasteiger partial charge in [0.15, 0.2) is 5.85 Å². The summed E-state index contributed by atoms with van der Waals surface area (Å²) in [4.78, 5) is 0. The van der Waals surface area contributed by atoms with Crippen molar-refractivity contribution in [3.05, 3.63) is 144 Å². The van der Waals surface area contributed by atoms with Gasteiger partial charge in [-0.15, -0.1) is 0 Å². The first-order chi connectivity index (χ1) is 17.6. The molecule has 0 aliphatic carbocycles. The Hall–Kier alpha value is -3.01. The van der Waals surface area contributed by atoms with Crippen LogP contribution in [-0.4, -0.2) is 21.3 Å². The highest BCUT2D eigenvalue weighted by atomic mass is 31.2. The van der Waals surface area contributed by atoms with Crippen molar-refractivity contribution >= 4 is 7.44 Å². The van der Waals surface area contributed by atoms with Crippen LogP contribution in [0.3, 0.4) is 0 Å². The van der Waals surface area contributed by atoms with E-state index in [0.29, 0.717) is 26.2 Å². The van der Waals surface area contributed by atoms with Crippen LogP contribution in [0.4, 0.5) is 0 Å². The second-order valence-electron chi connectivity index (χ2n) is 9.41. The third-order valence-corrected chi connectivity index (χ3v) is 10.0. The number of epoxide rings is 1. The summed E-state index contributed by atoms with van der Waals surface area (Å²) in [6.45, 7) is 4.36. The molecule has 1 unspecified atom stereocenters. The van der Waals surface area contributed by atoms with Crippen LogP contribution in [0.5, 0.6) is 0 Å². The van der Waals surface area contributed by atoms with E-state index in [0.717, 1.165) is 22.3 Å². The van der Waals surface area contributed by atoms with Gasteiger partial charge in [-0.3, -0.25) is 4.57 Å². The van der Waals surface area contributed by atoms with Crippen LogP contribution in [0.1, 0.15) is 29.2 Å². The van der Waals surface area contributed by atoms with Gasteiger partial charge in [0, 0.05) is 26.2 Å². The van der Waals surface area contributed by atoms with Crippen LogP contribution >= 0.6 is 7.44 Å². The van der Waals surface area contributed by atoms with Gasteiger partial charge in [-0.2, -0.15) is 0 Å². The highest BCUT2D eigenvalue weighted by Crippen LogP contribution is 2.66. The SMILES string of the molecule is CC1O[C@H]1P(=O)(N(Cc1ccccc1)Cc1ccccc1)N(Cc1ccccc1)Cc1ccccc1. The van der Waals surface area contributed by atoms with Gasteiger partial charge in [0.2, 0.25) is 7.44 Å². The Morgan fingerprint density at radius 2 is 0.806 bits per heavy atom. The number of hydrogen-bond acceptors (Lipinski definition) is 2. The molecule has 0 N–H and O–H groups in total. The number of ether oxygens (including phenoxy) is 1. The second-order valence-corrected chi connectivity index (χ2v) is 12.2. The molecule has 1 fully saturated rings. The molecule has 0 amide bonds. The van der Waals surface area contributed by atoms with Crippen LogP contribution in [0, 0.1) is 0 Å². The number of nitrogens with zero attached hydrogens (tertiary/aromatic N) is 2. The average molecular weight is 497 g/mol. The Kier molecular flexibility index (Phi) is 7.79. The standard InChI is InChI=1S/C31H33N2O2P/c1-26-31(35-26)36(34,32(22-27-14-6-2-7-15-27)23-28-16-8-3-9-17-28)33(24-29-18-10-4-11-19-29)25-30-20-12-5-13-21-30/h2-21,26,31H,22-25H2,1H3/t26?,31-/m0/s1. The van der Waals surface area contributed by atoms with Gasteiger partial charge in [-0.25, -0.2) is 9.34 Å². The van der Waals surface area contributed by atoms with E-state index in [2.05, 4.69) is 57.9 Å². The summed E-state index contributed by atoms with van der Waals surface area (Å²) in [6, 6.07) is 41.3. The first-order valence-corrected chi connectivity index (χ1v) is 14.2. The lowest BCUT2D eigenvalue weighted by Gasteiger charge is -2.39. The van der Waals surface area contributed by atoms with Gasteiger partial charge in [-0.05, 0) is 29.2 Å². The summed E-state index contributed by atoms with van der Waals surface area (Å²) in [6.07, 6.45) is -0.0427. The molecule has 1 heterocycles. The smallest absolute Gasteiger partial charge is 0.248 e. The molecule has 1 aliphatic heterocycles. The number of benzene rings is 4. The van der Waals surface area contributed by atoms with Crippen molar-refractivity contribution in [2.45, 2.75) is 45.1 Å². The summed E-state index contributed by atoms with van der Waals surface area (Å²) in [5, 5.41) is 0. The van der Waals surface area contributed by atoms with Gasteiger partial charge in [-0.1, -0.05) is 121 Å². The van der Waals surface area contributed by atoms with E-state index in [1.54, 1.807) is 0 Å². The predicted octanol–water partition coefficient (Wildman–Crippen LogP) is 7.33. The monoisotopic (exact) mass is 496 g/mol. The Morgan fingerprint density at radius 1 is 0.556 bits per heavy atom. The van der Waals surface area contributed by atoms with Crippen LogP contribution in [-0.2, 0) is 35.5 Å². The van der Waals surface area contributed by atoms with Crippen molar-refractivity contribution in [1.29, 1.82) is 0 Å². The van der Waals surface area contributed by atoms with Crippen LogP contribution in [0.25, 0.3) is 0 Å². The van der Waals surface area contributed by atoms with Crippen molar-refractivity contribution < 1.29 is 9.30 Å². The molecule has 4 aromatic carbocycles. The lowest BCUT2D eigenvalue weighted by molar-refractivity contribution is 0.295. The van der Waals surface area contributed by atoms with Gasteiger partial charge in [0.05, 0.1) is 6.10 Å². The maximum absolute atomic E-state index is 15.5. The van der Waals surface area contributed by atoms with E-state index < -0.39 is 7.44 Å². The van der Waals surface area contributed by atoms with Crippen molar-refractivity contribution in [3.63, 3.8) is 0 Å².